The third-order valence-electron chi connectivity index (χ3n) is 3.69. The number of rotatable bonds is 3. The lowest BCUT2D eigenvalue weighted by molar-refractivity contribution is 0.0835. The molecule has 2 aliphatic rings. The summed E-state index contributed by atoms with van der Waals surface area (Å²) in [6.07, 6.45) is 6.24. The minimum Gasteiger partial charge on any atom is -0.368 e. The molecule has 5 heteroatoms. The number of hydrogen-bond donors (Lipinski definition) is 0. The highest BCUT2D eigenvalue weighted by molar-refractivity contribution is 5.59. The van der Waals surface area contributed by atoms with Gasteiger partial charge in [0.05, 0.1) is 5.69 Å². The number of ether oxygens (including phenoxy) is 1. The molecular weight excluding hydrogens is 242 g/mol. The Labute approximate surface area is 111 Å². The summed E-state index contributed by atoms with van der Waals surface area (Å²) in [5.41, 5.74) is 2.10. The molecule has 2 aromatic heterocycles. The van der Waals surface area contributed by atoms with Crippen LogP contribution >= 0.6 is 0 Å². The van der Waals surface area contributed by atoms with Crippen molar-refractivity contribution in [1.82, 2.24) is 15.1 Å². The number of pyridine rings is 1. The van der Waals surface area contributed by atoms with Crippen molar-refractivity contribution in [3.63, 3.8) is 0 Å². The molecule has 1 aliphatic carbocycles. The van der Waals surface area contributed by atoms with E-state index in [2.05, 4.69) is 15.1 Å². The van der Waals surface area contributed by atoms with Crippen LogP contribution in [0.25, 0.3) is 11.4 Å². The van der Waals surface area contributed by atoms with E-state index in [4.69, 9.17) is 9.26 Å². The molecule has 1 saturated heterocycles. The Morgan fingerprint density at radius 2 is 2.16 bits per heavy atom. The topological polar surface area (TPSA) is 61.0 Å². The zero-order chi connectivity index (χ0) is 12.7. The molecule has 4 rings (SSSR count). The minimum absolute atomic E-state index is 0.0257. The maximum atomic E-state index is 5.57. The van der Waals surface area contributed by atoms with Gasteiger partial charge in [0.2, 0.25) is 5.82 Å². The Bertz CT molecular complexity index is 586. The maximum absolute atomic E-state index is 5.57. The van der Waals surface area contributed by atoms with Gasteiger partial charge in [-0.15, -0.1) is 0 Å². The summed E-state index contributed by atoms with van der Waals surface area (Å²) in [6, 6.07) is 3.94. The Balaban J connectivity index is 1.68. The van der Waals surface area contributed by atoms with E-state index in [1.165, 1.54) is 12.8 Å². The Hall–Kier alpha value is -1.75. The molecule has 0 aromatic carbocycles. The molecule has 5 nitrogen and oxygen atoms in total. The maximum Gasteiger partial charge on any atom is 0.256 e. The van der Waals surface area contributed by atoms with Crippen molar-refractivity contribution in [2.75, 3.05) is 6.61 Å². The molecule has 1 atom stereocenters. The van der Waals surface area contributed by atoms with Crippen molar-refractivity contribution < 1.29 is 9.26 Å². The van der Waals surface area contributed by atoms with Gasteiger partial charge < -0.3 is 9.26 Å². The molecule has 98 valence electrons. The first kappa shape index (κ1) is 11.1. The molecule has 2 fully saturated rings. The second kappa shape index (κ2) is 4.42. The van der Waals surface area contributed by atoms with Crippen LogP contribution in [0.1, 0.15) is 49.3 Å². The summed E-state index contributed by atoms with van der Waals surface area (Å²) >= 11 is 0. The van der Waals surface area contributed by atoms with E-state index in [0.29, 0.717) is 17.6 Å². The van der Waals surface area contributed by atoms with E-state index in [1.807, 2.05) is 18.3 Å². The lowest BCUT2D eigenvalue weighted by Gasteiger charge is -2.02. The van der Waals surface area contributed by atoms with E-state index >= 15 is 0 Å². The van der Waals surface area contributed by atoms with Gasteiger partial charge in [-0.25, -0.2) is 0 Å². The Morgan fingerprint density at radius 1 is 1.21 bits per heavy atom. The molecule has 1 saturated carbocycles. The van der Waals surface area contributed by atoms with Crippen LogP contribution in [0, 0.1) is 0 Å². The standard InChI is InChI=1S/C14H15N3O2/c1-3-10(12(15-7-1)9-5-6-9)13-16-14(19-17-13)11-4-2-8-18-11/h1,3,7,9,11H,2,4-6,8H2/t11-/m0/s1. The molecule has 19 heavy (non-hydrogen) atoms. The predicted octanol–water partition coefficient (Wildman–Crippen LogP) is 2.86. The third-order valence-corrected chi connectivity index (χ3v) is 3.69. The quantitative estimate of drug-likeness (QED) is 0.846. The first-order valence-corrected chi connectivity index (χ1v) is 6.82. The summed E-state index contributed by atoms with van der Waals surface area (Å²) < 4.78 is 10.9. The number of nitrogens with zero attached hydrogens (tertiary/aromatic N) is 3. The molecular formula is C14H15N3O2. The highest BCUT2D eigenvalue weighted by Crippen LogP contribution is 2.42. The average molecular weight is 257 g/mol. The summed E-state index contributed by atoms with van der Waals surface area (Å²) in [6.45, 7) is 0.780. The van der Waals surface area contributed by atoms with Crippen LogP contribution < -0.4 is 0 Å². The summed E-state index contributed by atoms with van der Waals surface area (Å²) in [5, 5.41) is 4.10. The molecule has 2 aromatic rings. The molecule has 0 bridgehead atoms. The van der Waals surface area contributed by atoms with Gasteiger partial charge in [0.25, 0.3) is 5.89 Å². The van der Waals surface area contributed by atoms with Crippen LogP contribution in [0.3, 0.4) is 0 Å². The lowest BCUT2D eigenvalue weighted by atomic mass is 10.1. The average Bonchev–Trinajstić information content (AvgIpc) is 2.95. The monoisotopic (exact) mass is 257 g/mol. The minimum atomic E-state index is -0.0257. The zero-order valence-corrected chi connectivity index (χ0v) is 10.6. The molecule has 0 unspecified atom stereocenters. The van der Waals surface area contributed by atoms with Crippen molar-refractivity contribution >= 4 is 0 Å². The van der Waals surface area contributed by atoms with Crippen LogP contribution in [0.5, 0.6) is 0 Å². The van der Waals surface area contributed by atoms with Crippen LogP contribution in [-0.4, -0.2) is 21.7 Å². The van der Waals surface area contributed by atoms with Crippen molar-refractivity contribution in [2.24, 2.45) is 0 Å². The summed E-state index contributed by atoms with van der Waals surface area (Å²) in [7, 11) is 0. The van der Waals surface area contributed by atoms with E-state index < -0.39 is 0 Å². The van der Waals surface area contributed by atoms with Crippen molar-refractivity contribution in [3.8, 4) is 11.4 Å². The second-order valence-electron chi connectivity index (χ2n) is 5.17. The van der Waals surface area contributed by atoms with Crippen LogP contribution in [0.4, 0.5) is 0 Å². The fourth-order valence-electron chi connectivity index (χ4n) is 2.54. The Morgan fingerprint density at radius 3 is 2.95 bits per heavy atom. The SMILES string of the molecule is c1cnc(C2CC2)c(-c2noc([C@@H]3CCCO3)n2)c1. The molecule has 0 amide bonds. The van der Waals surface area contributed by atoms with E-state index in [0.717, 1.165) is 30.7 Å². The normalized spacial score (nSPS) is 22.8. The largest absolute Gasteiger partial charge is 0.368 e. The van der Waals surface area contributed by atoms with Gasteiger partial charge in [-0.05, 0) is 37.8 Å². The van der Waals surface area contributed by atoms with Crippen molar-refractivity contribution in [2.45, 2.75) is 37.7 Å². The second-order valence-corrected chi connectivity index (χ2v) is 5.17. The van der Waals surface area contributed by atoms with Gasteiger partial charge in [0.1, 0.15) is 6.10 Å². The molecule has 3 heterocycles. The lowest BCUT2D eigenvalue weighted by Crippen LogP contribution is -1.96. The summed E-state index contributed by atoms with van der Waals surface area (Å²) in [5.74, 6) is 1.81. The molecule has 0 radical (unpaired) electrons. The highest BCUT2D eigenvalue weighted by Gasteiger charge is 2.30. The summed E-state index contributed by atoms with van der Waals surface area (Å²) in [4.78, 5) is 8.96. The number of hydrogen-bond acceptors (Lipinski definition) is 5. The van der Waals surface area contributed by atoms with Gasteiger partial charge in [0.15, 0.2) is 0 Å². The first-order valence-electron chi connectivity index (χ1n) is 6.82. The number of aromatic nitrogens is 3. The predicted molar refractivity (Wildman–Crippen MR) is 67.4 cm³/mol. The third kappa shape index (κ3) is 2.04. The van der Waals surface area contributed by atoms with Gasteiger partial charge in [-0.3, -0.25) is 4.98 Å². The van der Waals surface area contributed by atoms with Crippen LogP contribution in [-0.2, 0) is 4.74 Å². The molecule has 0 spiro atoms. The van der Waals surface area contributed by atoms with E-state index in [9.17, 15) is 0 Å². The van der Waals surface area contributed by atoms with Gasteiger partial charge >= 0.3 is 0 Å². The fourth-order valence-corrected chi connectivity index (χ4v) is 2.54. The fraction of sp³-hybridized carbons (Fsp3) is 0.500. The van der Waals surface area contributed by atoms with Crippen molar-refractivity contribution in [3.05, 3.63) is 29.9 Å². The van der Waals surface area contributed by atoms with Gasteiger partial charge in [0, 0.05) is 24.3 Å². The van der Waals surface area contributed by atoms with E-state index in [-0.39, 0.29) is 6.10 Å². The smallest absolute Gasteiger partial charge is 0.256 e. The molecule has 0 N–H and O–H groups in total. The van der Waals surface area contributed by atoms with Crippen LogP contribution in [0.2, 0.25) is 0 Å². The zero-order valence-electron chi connectivity index (χ0n) is 10.6. The van der Waals surface area contributed by atoms with Gasteiger partial charge in [-0.2, -0.15) is 4.98 Å². The highest BCUT2D eigenvalue weighted by atomic mass is 16.5. The van der Waals surface area contributed by atoms with Crippen molar-refractivity contribution in [1.29, 1.82) is 0 Å². The van der Waals surface area contributed by atoms with Gasteiger partial charge in [-0.1, -0.05) is 5.16 Å². The Kier molecular flexibility index (Phi) is 2.58. The van der Waals surface area contributed by atoms with E-state index in [1.54, 1.807) is 0 Å². The molecule has 1 aliphatic heterocycles. The van der Waals surface area contributed by atoms with Crippen LogP contribution in [0.15, 0.2) is 22.9 Å². The first-order chi connectivity index (χ1) is 9.42.